The Kier molecular flexibility index (Phi) is 25.1. The van der Waals surface area contributed by atoms with Gasteiger partial charge in [0.15, 0.2) is 30.7 Å². The number of carbonyl (C=O) groups is 6. The van der Waals surface area contributed by atoms with Gasteiger partial charge in [0.2, 0.25) is 41.7 Å². The summed E-state index contributed by atoms with van der Waals surface area (Å²) in [6.07, 6.45) is -28.8. The summed E-state index contributed by atoms with van der Waals surface area (Å²) in [5, 5.41) is 151. The fraction of sp³-hybridized carbons (Fsp3) is 0.569. The monoisotopic (exact) mass is 1440 g/mol. The van der Waals surface area contributed by atoms with Gasteiger partial charge in [-0.05, 0) is 48.7 Å². The molecule has 558 valence electrons. The molecule has 23 N–H and O–H groups in total. The van der Waals surface area contributed by atoms with Crippen LogP contribution in [0.25, 0.3) is 6.08 Å². The van der Waals surface area contributed by atoms with Crippen molar-refractivity contribution in [2.24, 2.45) is 21.5 Å². The molecule has 26 unspecified atom stereocenters. The van der Waals surface area contributed by atoms with E-state index in [1.54, 1.807) is 43.3 Å². The Balaban J connectivity index is 0.897. The topological polar surface area (TPSA) is 574 Å². The van der Waals surface area contributed by atoms with Crippen LogP contribution in [0.4, 0.5) is 0 Å². The van der Waals surface area contributed by atoms with Crippen molar-refractivity contribution in [1.82, 2.24) is 42.1 Å². The second-order valence-electron chi connectivity index (χ2n) is 26.0. The molecule has 7 aliphatic rings. The van der Waals surface area contributed by atoms with Gasteiger partial charge in [-0.3, -0.25) is 38.8 Å². The lowest BCUT2D eigenvalue weighted by atomic mass is 9.92. The first kappa shape index (κ1) is 76.5. The molecule has 0 aliphatic carbocycles. The predicted octanol–water partition coefficient (Wildman–Crippen LogP) is -9.43. The molecule has 37 heteroatoms. The maximum atomic E-state index is 15.2. The largest absolute Gasteiger partial charge is 0.462 e. The molecular formula is C65H88N12O25. The van der Waals surface area contributed by atoms with Crippen LogP contribution in [0.3, 0.4) is 0 Å². The van der Waals surface area contributed by atoms with E-state index >= 15 is 9.59 Å². The van der Waals surface area contributed by atoms with Crippen molar-refractivity contribution in [1.29, 1.82) is 0 Å². The highest BCUT2D eigenvalue weighted by atomic mass is 16.8. The molecule has 10 rings (SSSR count). The minimum absolute atomic E-state index is 0.0463. The molecule has 5 saturated heterocycles. The number of allylic oxidation sites excluding steroid dienone is 1. The quantitative estimate of drug-likeness (QED) is 0.0562. The Morgan fingerprint density at radius 2 is 1.30 bits per heavy atom. The number of hydrogen-bond donors (Lipinski definition) is 21. The number of carbonyl (C=O) groups excluding carboxylic acids is 6. The lowest BCUT2D eigenvalue weighted by Gasteiger charge is -2.48. The van der Waals surface area contributed by atoms with E-state index in [0.717, 1.165) is 16.0 Å². The van der Waals surface area contributed by atoms with Crippen LogP contribution < -0.4 is 53.4 Å². The van der Waals surface area contributed by atoms with Crippen molar-refractivity contribution in [2.45, 2.75) is 186 Å². The fourth-order valence-electron chi connectivity index (χ4n) is 13.0. The van der Waals surface area contributed by atoms with Crippen LogP contribution in [0.1, 0.15) is 55.2 Å². The minimum Gasteiger partial charge on any atom is -0.462 e. The van der Waals surface area contributed by atoms with Crippen molar-refractivity contribution in [3.8, 4) is 5.75 Å². The number of nitrogens with zero attached hydrogens (tertiary/aromatic N) is 3. The van der Waals surface area contributed by atoms with Crippen LogP contribution in [0.2, 0.25) is 0 Å². The Morgan fingerprint density at radius 3 is 1.98 bits per heavy atom. The van der Waals surface area contributed by atoms with Gasteiger partial charge in [0.05, 0.1) is 58.1 Å². The normalized spacial score (nSPS) is 36.1. The van der Waals surface area contributed by atoms with E-state index in [2.05, 4.69) is 47.2 Å². The number of benzene rings is 3. The van der Waals surface area contributed by atoms with E-state index in [-0.39, 0.29) is 30.4 Å². The summed E-state index contributed by atoms with van der Waals surface area (Å²) >= 11 is 0. The van der Waals surface area contributed by atoms with Crippen molar-refractivity contribution in [3.63, 3.8) is 0 Å². The standard InChI is InChI=1S/C65H88N12O25/c1-26(2)16-29-8-7-11-31(17-29)61-96-25-39-54(101-61)49(87)52(90)63(100-39)102-53-38(24-80)99-62(51(89)48(53)86)97-32-14-12-28(13-15-32)18-33-56(92)75-42(44(82)34-19-69-64(66)73-34)59(95)76-43(45(83)36-20-70-65(67)77(36)60-50(88)47(85)46(84)37(23-79)98-60)58(94)72-35(22-78)55(91)68-21-40(81)74-41(57(93)71-33)27(3)30-9-5-4-6-10-30/h4-17,27,33-39,41-54,60-63,78-80,82-90H,18-25H2,1-3H3,(H2,67,70)(H,68,91)(H,71,93)(H,72,94)(H,74,81)(H,75,92)(H,76,95)(H3,66,69,73). The van der Waals surface area contributed by atoms with E-state index in [4.69, 9.17) is 44.6 Å². The molecule has 3 aromatic carbocycles. The summed E-state index contributed by atoms with van der Waals surface area (Å²) in [6, 6.07) is 8.38. The number of aliphatic hydroxyl groups is 12. The molecule has 7 heterocycles. The SMILES string of the molecule is CC(C)=Cc1cccc(C2OCC3OC(OC4C(CO)OC(Oc5ccc(CC6NC(=O)C(C(C)c7ccccc7)NC(=O)CNC(=O)C(CO)NC(=O)C(C(O)C7CN=C(N)N7C7OC(CO)C(O)C(O)C7O)NC(=O)C(C(O)C7CN=C(N)N7)NC6=O)cc5)C(O)C4O)C(O)C(O)C3O2)c1. The average Bonchev–Trinajstić information content (AvgIpc) is 1.53. The molecule has 3 aromatic rings. The van der Waals surface area contributed by atoms with Crippen LogP contribution in [0, 0.1) is 0 Å². The van der Waals surface area contributed by atoms with Gasteiger partial charge in [-0.25, -0.2) is 0 Å². The summed E-state index contributed by atoms with van der Waals surface area (Å²) < 4.78 is 41.6. The van der Waals surface area contributed by atoms with Gasteiger partial charge in [-0.15, -0.1) is 0 Å². The zero-order valence-corrected chi connectivity index (χ0v) is 55.4. The van der Waals surface area contributed by atoms with Crippen molar-refractivity contribution in [2.75, 3.05) is 46.1 Å². The number of nitrogens with two attached hydrogens (primary N) is 2. The number of guanidine groups is 2. The van der Waals surface area contributed by atoms with Crippen molar-refractivity contribution >= 4 is 53.4 Å². The predicted molar refractivity (Wildman–Crippen MR) is 349 cm³/mol. The summed E-state index contributed by atoms with van der Waals surface area (Å²) in [4.78, 5) is 96.6. The van der Waals surface area contributed by atoms with E-state index in [1.807, 2.05) is 38.1 Å². The minimum atomic E-state index is -2.35. The van der Waals surface area contributed by atoms with Crippen LogP contribution in [-0.2, 0) is 63.6 Å². The highest BCUT2D eigenvalue weighted by Crippen LogP contribution is 2.37. The maximum absolute atomic E-state index is 15.2. The molecule has 37 nitrogen and oxygen atoms in total. The lowest BCUT2D eigenvalue weighted by Crippen LogP contribution is -2.70. The van der Waals surface area contributed by atoms with Crippen LogP contribution in [0.5, 0.6) is 5.75 Å². The third-order valence-electron chi connectivity index (χ3n) is 18.6. The van der Waals surface area contributed by atoms with Crippen LogP contribution in [0.15, 0.2) is 94.4 Å². The number of rotatable bonds is 18. The van der Waals surface area contributed by atoms with Gasteiger partial charge in [-0.1, -0.05) is 79.2 Å². The lowest BCUT2D eigenvalue weighted by molar-refractivity contribution is -0.383. The van der Waals surface area contributed by atoms with E-state index in [1.165, 1.54) is 24.3 Å². The smallest absolute Gasteiger partial charge is 0.246 e. The summed E-state index contributed by atoms with van der Waals surface area (Å²) in [6.45, 7) is 0.689. The molecule has 0 radical (unpaired) electrons. The van der Waals surface area contributed by atoms with Crippen LogP contribution in [-0.4, -0.2) is 306 Å². The van der Waals surface area contributed by atoms with Gasteiger partial charge in [-0.2, -0.15) is 0 Å². The molecule has 0 saturated carbocycles. The first-order valence-electron chi connectivity index (χ1n) is 33.0. The molecule has 0 aromatic heterocycles. The van der Waals surface area contributed by atoms with Gasteiger partial charge >= 0.3 is 0 Å². The van der Waals surface area contributed by atoms with E-state index in [9.17, 15) is 80.5 Å². The number of aliphatic imine (C=N–C) groups is 2. The zero-order valence-electron chi connectivity index (χ0n) is 55.4. The number of nitrogens with one attached hydrogen (secondary N) is 7. The van der Waals surface area contributed by atoms with Crippen LogP contribution >= 0.6 is 0 Å². The summed E-state index contributed by atoms with van der Waals surface area (Å²) in [5.41, 5.74) is 15.5. The van der Waals surface area contributed by atoms with Crippen molar-refractivity contribution < 1.29 is 123 Å². The zero-order chi connectivity index (χ0) is 73.5. The second-order valence-corrected chi connectivity index (χ2v) is 26.0. The highest BCUT2D eigenvalue weighted by molar-refractivity contribution is 5.98. The van der Waals surface area contributed by atoms with Gasteiger partial charge in [0.25, 0.3) is 0 Å². The molecule has 26 atom stereocenters. The molecule has 0 spiro atoms. The summed E-state index contributed by atoms with van der Waals surface area (Å²) in [7, 11) is 0. The first-order valence-corrected chi connectivity index (χ1v) is 33.0. The summed E-state index contributed by atoms with van der Waals surface area (Å²) in [5.74, 6) is -8.91. The highest BCUT2D eigenvalue weighted by Gasteiger charge is 2.55. The fourth-order valence-corrected chi connectivity index (χ4v) is 13.0. The van der Waals surface area contributed by atoms with Gasteiger partial charge in [0.1, 0.15) is 121 Å². The Labute approximate surface area is 582 Å². The molecule has 5 fully saturated rings. The van der Waals surface area contributed by atoms with E-state index in [0.29, 0.717) is 11.1 Å². The maximum Gasteiger partial charge on any atom is 0.246 e. The number of hydrogen-bond acceptors (Lipinski definition) is 31. The molecular weight excluding hydrogens is 1350 g/mol. The molecule has 0 bridgehead atoms. The number of ether oxygens (including phenoxy) is 7. The second kappa shape index (κ2) is 33.5. The molecule has 102 heavy (non-hydrogen) atoms. The Bertz CT molecular complexity index is 3520. The first-order chi connectivity index (χ1) is 48.7. The third kappa shape index (κ3) is 17.2. The number of amides is 6. The Morgan fingerprint density at radius 1 is 0.637 bits per heavy atom. The van der Waals surface area contributed by atoms with Crippen molar-refractivity contribution in [3.05, 3.63) is 107 Å². The third-order valence-corrected chi connectivity index (χ3v) is 18.6. The van der Waals surface area contributed by atoms with E-state index < -0.39 is 239 Å². The number of fused-ring (bicyclic) bond motifs is 1. The molecule has 6 amide bonds. The van der Waals surface area contributed by atoms with Gasteiger partial charge < -0.3 is 148 Å². The van der Waals surface area contributed by atoms with Gasteiger partial charge in [0, 0.05) is 17.9 Å². The average molecular weight is 1440 g/mol. The molecule has 7 aliphatic heterocycles. The number of aliphatic hydroxyl groups excluding tert-OH is 12. The Hall–Kier alpha value is -8.16.